The van der Waals surface area contributed by atoms with Crippen LogP contribution < -0.4 is 0 Å². The Morgan fingerprint density at radius 1 is 1.77 bits per heavy atom. The van der Waals surface area contributed by atoms with Crippen LogP contribution in [0.2, 0.25) is 0 Å². The topological polar surface area (TPSA) is 61.0 Å². The number of halogens is 1. The summed E-state index contributed by atoms with van der Waals surface area (Å²) in [5.41, 5.74) is 0.809. The van der Waals surface area contributed by atoms with Crippen molar-refractivity contribution in [3.05, 3.63) is 22.0 Å². The highest BCUT2D eigenvalue weighted by molar-refractivity contribution is 6.17. The molecule has 1 aromatic heterocycles. The lowest BCUT2D eigenvalue weighted by Crippen LogP contribution is -2.05. The first-order chi connectivity index (χ1) is 6.20. The second-order valence-electron chi connectivity index (χ2n) is 2.49. The minimum Gasteiger partial charge on any atom is -0.390 e. The lowest BCUT2D eigenvalue weighted by Gasteiger charge is -2.00. The molecule has 0 saturated carbocycles. The van der Waals surface area contributed by atoms with Crippen molar-refractivity contribution in [1.82, 2.24) is 9.55 Å². The van der Waals surface area contributed by atoms with Gasteiger partial charge < -0.3 is 10.1 Å². The normalized spacial score (nSPS) is 10.3. The molecule has 0 amide bonds. The average molecular weight is 204 g/mol. The summed E-state index contributed by atoms with van der Waals surface area (Å²) in [7, 11) is 0. The fourth-order valence-corrected chi connectivity index (χ4v) is 1.38. The van der Waals surface area contributed by atoms with Gasteiger partial charge in [0.2, 0.25) is 0 Å². The van der Waals surface area contributed by atoms with Crippen molar-refractivity contribution in [3.63, 3.8) is 0 Å². The summed E-state index contributed by atoms with van der Waals surface area (Å²) in [6.07, 6.45) is 2.11. The lowest BCUT2D eigenvalue weighted by atomic mass is 10.3. The Kier molecular flexibility index (Phi) is 3.25. The van der Waals surface area contributed by atoms with Crippen molar-refractivity contribution >= 4 is 17.5 Å². The predicted octanol–water partition coefficient (Wildman–Crippen LogP) is 1.59. The maximum atomic E-state index is 10.5. The van der Waals surface area contributed by atoms with Crippen molar-refractivity contribution in [3.8, 4) is 0 Å². The molecule has 1 rings (SSSR count). The zero-order chi connectivity index (χ0) is 9.84. The molecule has 0 spiro atoms. The molecule has 0 fully saturated rings. The molecular formula is C7H10ClN3O2. The summed E-state index contributed by atoms with van der Waals surface area (Å²) >= 11 is 5.54. The van der Waals surface area contributed by atoms with Crippen molar-refractivity contribution in [2.24, 2.45) is 0 Å². The van der Waals surface area contributed by atoms with E-state index in [0.717, 1.165) is 5.69 Å². The molecule has 1 aromatic rings. The first kappa shape index (κ1) is 9.98. The Morgan fingerprint density at radius 3 is 2.92 bits per heavy atom. The summed E-state index contributed by atoms with van der Waals surface area (Å²) in [6.45, 7) is 2.38. The van der Waals surface area contributed by atoms with Gasteiger partial charge in [-0.1, -0.05) is 4.98 Å². The van der Waals surface area contributed by atoms with E-state index in [-0.39, 0.29) is 5.95 Å². The van der Waals surface area contributed by atoms with Crippen LogP contribution >= 0.6 is 11.6 Å². The van der Waals surface area contributed by atoms with Crippen molar-refractivity contribution < 1.29 is 4.92 Å². The fraction of sp³-hybridized carbons (Fsp3) is 0.571. The van der Waals surface area contributed by atoms with Crippen LogP contribution in [0, 0.1) is 10.1 Å². The van der Waals surface area contributed by atoms with E-state index in [1.165, 1.54) is 6.20 Å². The molecular weight excluding hydrogens is 194 g/mol. The number of nitro groups is 1. The zero-order valence-electron chi connectivity index (χ0n) is 7.23. The molecule has 0 aliphatic rings. The third-order valence-electron chi connectivity index (χ3n) is 1.75. The highest BCUT2D eigenvalue weighted by Crippen LogP contribution is 2.13. The van der Waals surface area contributed by atoms with Gasteiger partial charge >= 0.3 is 5.95 Å². The molecule has 0 atom stereocenters. The third kappa shape index (κ3) is 1.98. The summed E-state index contributed by atoms with van der Waals surface area (Å²) < 4.78 is 1.56. The Balaban J connectivity index is 3.03. The number of nitrogens with zero attached hydrogens (tertiary/aromatic N) is 3. The molecule has 5 nitrogen and oxygen atoms in total. The van der Waals surface area contributed by atoms with E-state index >= 15 is 0 Å². The van der Waals surface area contributed by atoms with E-state index in [9.17, 15) is 10.1 Å². The third-order valence-corrected chi connectivity index (χ3v) is 1.94. The largest absolute Gasteiger partial charge is 0.434 e. The second kappa shape index (κ2) is 4.23. The molecule has 13 heavy (non-hydrogen) atoms. The highest BCUT2D eigenvalue weighted by Gasteiger charge is 2.18. The summed E-state index contributed by atoms with van der Waals surface area (Å²) in [4.78, 5) is 13.7. The van der Waals surface area contributed by atoms with Crippen molar-refractivity contribution in [1.29, 1.82) is 0 Å². The van der Waals surface area contributed by atoms with Gasteiger partial charge in [-0.3, -0.25) is 0 Å². The van der Waals surface area contributed by atoms with Crippen molar-refractivity contribution in [2.75, 3.05) is 5.88 Å². The Bertz CT molecular complexity index is 311. The first-order valence-corrected chi connectivity index (χ1v) is 4.49. The molecule has 72 valence electrons. The Hall–Kier alpha value is -1.10. The van der Waals surface area contributed by atoms with Gasteiger partial charge in [-0.2, -0.15) is 0 Å². The van der Waals surface area contributed by atoms with Crippen molar-refractivity contribution in [2.45, 2.75) is 19.9 Å². The maximum Gasteiger partial charge on any atom is 0.434 e. The van der Waals surface area contributed by atoms with E-state index in [4.69, 9.17) is 11.6 Å². The fourth-order valence-electron chi connectivity index (χ4n) is 1.19. The van der Waals surface area contributed by atoms with Gasteiger partial charge in [0.15, 0.2) is 0 Å². The summed E-state index contributed by atoms with van der Waals surface area (Å²) in [6, 6.07) is 0. The number of rotatable bonds is 4. The molecule has 0 bridgehead atoms. The van der Waals surface area contributed by atoms with Gasteiger partial charge in [-0.05, 0) is 11.8 Å². The first-order valence-electron chi connectivity index (χ1n) is 3.95. The highest BCUT2D eigenvalue weighted by atomic mass is 35.5. The molecule has 0 aromatic carbocycles. The number of imidazole rings is 1. The maximum absolute atomic E-state index is 10.5. The quantitative estimate of drug-likeness (QED) is 0.424. The molecule has 0 aliphatic carbocycles. The molecule has 0 saturated heterocycles. The molecule has 0 aliphatic heterocycles. The lowest BCUT2D eigenvalue weighted by molar-refractivity contribution is -0.396. The number of aromatic nitrogens is 2. The van der Waals surface area contributed by atoms with Gasteiger partial charge in [-0.25, -0.2) is 4.57 Å². The monoisotopic (exact) mass is 203 g/mol. The standard InChI is InChI=1S/C7H10ClN3O2/c1-2-10-6(3-4-8)5-9-7(10)11(12)13/h5H,2-4H2,1H3. The van der Waals surface area contributed by atoms with Gasteiger partial charge in [0, 0.05) is 12.3 Å². The van der Waals surface area contributed by atoms with Crippen LogP contribution in [-0.2, 0) is 13.0 Å². The Morgan fingerprint density at radius 2 is 2.46 bits per heavy atom. The van der Waals surface area contributed by atoms with E-state index in [1.807, 2.05) is 6.92 Å². The van der Waals surface area contributed by atoms with Crippen LogP contribution in [0.5, 0.6) is 0 Å². The molecule has 0 N–H and O–H groups in total. The van der Waals surface area contributed by atoms with E-state index in [0.29, 0.717) is 18.8 Å². The van der Waals surface area contributed by atoms with Crippen LogP contribution in [0.15, 0.2) is 6.20 Å². The van der Waals surface area contributed by atoms with Crippen LogP contribution in [0.25, 0.3) is 0 Å². The van der Waals surface area contributed by atoms with E-state index < -0.39 is 4.92 Å². The number of hydrogen-bond acceptors (Lipinski definition) is 3. The van der Waals surface area contributed by atoms with Crippen LogP contribution in [0.1, 0.15) is 12.6 Å². The molecule has 6 heteroatoms. The smallest absolute Gasteiger partial charge is 0.390 e. The minimum absolute atomic E-state index is 0.109. The SMILES string of the molecule is CCn1c(CCCl)cnc1[N+](=O)[O-]. The number of alkyl halides is 1. The average Bonchev–Trinajstić information content (AvgIpc) is 2.48. The zero-order valence-corrected chi connectivity index (χ0v) is 7.99. The summed E-state index contributed by atoms with van der Waals surface area (Å²) in [5, 5.41) is 10.5. The summed E-state index contributed by atoms with van der Waals surface area (Å²) in [5.74, 6) is 0.339. The minimum atomic E-state index is -0.485. The van der Waals surface area contributed by atoms with Crippen LogP contribution in [0.3, 0.4) is 0 Å². The van der Waals surface area contributed by atoms with Gasteiger partial charge in [0.05, 0.1) is 6.54 Å². The van der Waals surface area contributed by atoms with E-state index in [2.05, 4.69) is 4.98 Å². The van der Waals surface area contributed by atoms with Gasteiger partial charge in [0.25, 0.3) is 0 Å². The number of aryl methyl sites for hydroxylation is 1. The van der Waals surface area contributed by atoms with Gasteiger partial charge in [0.1, 0.15) is 11.9 Å². The predicted molar refractivity (Wildman–Crippen MR) is 49.0 cm³/mol. The molecule has 0 unspecified atom stereocenters. The second-order valence-corrected chi connectivity index (χ2v) is 2.87. The molecule has 1 heterocycles. The van der Waals surface area contributed by atoms with Crippen LogP contribution in [0.4, 0.5) is 5.95 Å². The Labute approximate surface area is 80.5 Å². The van der Waals surface area contributed by atoms with Crippen LogP contribution in [-0.4, -0.2) is 20.4 Å². The van der Waals surface area contributed by atoms with Gasteiger partial charge in [-0.15, -0.1) is 11.6 Å². The molecule has 0 radical (unpaired) electrons. The van der Waals surface area contributed by atoms with E-state index in [1.54, 1.807) is 4.57 Å². The number of hydrogen-bond donors (Lipinski definition) is 0.